The van der Waals surface area contributed by atoms with Gasteiger partial charge in [-0.2, -0.15) is 0 Å². The standard InChI is InChI=1S/C31H55N3O3S/c1-8-10-12-13-14-15-16-17-18-19-21-38-31(6,7)30(37)34-33-26(20-11-9-2)29(36)32-27-22-23(3)28(35)25(5)24(27)4/h22,26,33,35H,8-21H2,1-7H3,(H,32,36)(H,34,37). The molecule has 0 aliphatic carbocycles. The Balaban J connectivity index is 2.49. The molecule has 4 N–H and O–H groups in total. The zero-order valence-corrected chi connectivity index (χ0v) is 26.0. The maximum atomic E-state index is 13.1. The molecule has 0 aromatic heterocycles. The lowest BCUT2D eigenvalue weighted by molar-refractivity contribution is -0.124. The second-order valence-corrected chi connectivity index (χ2v) is 12.9. The van der Waals surface area contributed by atoms with Crippen molar-refractivity contribution in [3.8, 4) is 5.75 Å². The molecule has 0 aliphatic heterocycles. The topological polar surface area (TPSA) is 90.5 Å². The largest absolute Gasteiger partial charge is 0.507 e. The monoisotopic (exact) mass is 549 g/mol. The van der Waals surface area contributed by atoms with Gasteiger partial charge in [-0.05, 0) is 76.0 Å². The van der Waals surface area contributed by atoms with Crippen LogP contribution in [0.1, 0.15) is 128 Å². The number of phenols is 1. The number of aromatic hydroxyl groups is 1. The summed E-state index contributed by atoms with van der Waals surface area (Å²) in [5.74, 6) is 0.902. The molecule has 0 saturated carbocycles. The van der Waals surface area contributed by atoms with E-state index in [-0.39, 0.29) is 17.6 Å². The molecule has 218 valence electrons. The SMILES string of the molecule is CCCCCCCCCCCCSC(C)(C)C(=O)NNC(CCCC)C(=O)Nc1cc(C)c(O)c(C)c1C. The lowest BCUT2D eigenvalue weighted by atomic mass is 10.0. The number of nitrogens with one attached hydrogen (secondary N) is 3. The molecule has 2 amide bonds. The van der Waals surface area contributed by atoms with Crippen LogP contribution in [0.5, 0.6) is 5.75 Å². The van der Waals surface area contributed by atoms with Crippen molar-refractivity contribution in [3.63, 3.8) is 0 Å². The smallest absolute Gasteiger partial charge is 0.249 e. The van der Waals surface area contributed by atoms with Crippen LogP contribution < -0.4 is 16.2 Å². The predicted octanol–water partition coefficient (Wildman–Crippen LogP) is 7.87. The van der Waals surface area contributed by atoms with Crippen LogP contribution >= 0.6 is 11.8 Å². The summed E-state index contributed by atoms with van der Waals surface area (Å²) in [6.45, 7) is 13.8. The second-order valence-electron chi connectivity index (χ2n) is 11.2. The van der Waals surface area contributed by atoms with Gasteiger partial charge in [-0.25, -0.2) is 5.43 Å². The number of rotatable bonds is 20. The van der Waals surface area contributed by atoms with E-state index >= 15 is 0 Å². The van der Waals surface area contributed by atoms with Crippen molar-refractivity contribution in [2.24, 2.45) is 0 Å². The Kier molecular flexibility index (Phi) is 16.7. The minimum absolute atomic E-state index is 0.114. The molecule has 1 unspecified atom stereocenters. The maximum absolute atomic E-state index is 13.1. The molecule has 0 bridgehead atoms. The predicted molar refractivity (Wildman–Crippen MR) is 164 cm³/mol. The molecule has 1 rings (SSSR count). The van der Waals surface area contributed by atoms with E-state index in [4.69, 9.17) is 0 Å². The average molecular weight is 550 g/mol. The van der Waals surface area contributed by atoms with E-state index in [1.54, 1.807) is 17.8 Å². The summed E-state index contributed by atoms with van der Waals surface area (Å²) in [4.78, 5) is 26.1. The summed E-state index contributed by atoms with van der Waals surface area (Å²) in [6.07, 6.45) is 15.5. The van der Waals surface area contributed by atoms with Crippen LogP contribution in [-0.2, 0) is 9.59 Å². The molecule has 7 heteroatoms. The Bertz CT molecular complexity index is 857. The molecule has 1 atom stereocenters. The van der Waals surface area contributed by atoms with Crippen molar-refractivity contribution in [2.75, 3.05) is 11.1 Å². The molecule has 0 fully saturated rings. The molecule has 0 aliphatic rings. The number of hydrogen-bond acceptors (Lipinski definition) is 5. The fraction of sp³-hybridized carbons (Fsp3) is 0.742. The molecule has 38 heavy (non-hydrogen) atoms. The van der Waals surface area contributed by atoms with Gasteiger partial charge in [0.1, 0.15) is 11.8 Å². The van der Waals surface area contributed by atoms with Gasteiger partial charge in [0, 0.05) is 5.69 Å². The molecular formula is C31H55N3O3S. The van der Waals surface area contributed by atoms with E-state index < -0.39 is 10.8 Å². The quantitative estimate of drug-likeness (QED) is 0.0755. The summed E-state index contributed by atoms with van der Waals surface area (Å²) in [5.41, 5.74) is 8.83. The zero-order valence-electron chi connectivity index (χ0n) is 25.2. The van der Waals surface area contributed by atoms with Crippen LogP contribution in [0, 0.1) is 20.8 Å². The highest BCUT2D eigenvalue weighted by Crippen LogP contribution is 2.31. The van der Waals surface area contributed by atoms with Gasteiger partial charge >= 0.3 is 0 Å². The van der Waals surface area contributed by atoms with Crippen LogP contribution in [0.25, 0.3) is 0 Å². The Morgan fingerprint density at radius 2 is 1.42 bits per heavy atom. The summed E-state index contributed by atoms with van der Waals surface area (Å²) >= 11 is 1.67. The van der Waals surface area contributed by atoms with Crippen molar-refractivity contribution in [2.45, 2.75) is 143 Å². The van der Waals surface area contributed by atoms with Crippen molar-refractivity contribution in [1.82, 2.24) is 10.9 Å². The third-order valence-electron chi connectivity index (χ3n) is 7.34. The Labute approximate surface area is 236 Å². The normalized spacial score (nSPS) is 12.4. The van der Waals surface area contributed by atoms with Gasteiger partial charge in [-0.1, -0.05) is 84.5 Å². The van der Waals surface area contributed by atoms with Crippen LogP contribution in [0.4, 0.5) is 5.69 Å². The van der Waals surface area contributed by atoms with Crippen LogP contribution in [-0.4, -0.2) is 33.5 Å². The number of amides is 2. The lowest BCUT2D eigenvalue weighted by Gasteiger charge is -2.26. The first-order chi connectivity index (χ1) is 18.0. The third-order valence-corrected chi connectivity index (χ3v) is 8.74. The van der Waals surface area contributed by atoms with E-state index in [1.165, 1.54) is 57.8 Å². The van der Waals surface area contributed by atoms with Gasteiger partial charge in [0.2, 0.25) is 11.8 Å². The number of phenolic OH excluding ortho intramolecular Hbond substituents is 1. The first-order valence-corrected chi connectivity index (χ1v) is 15.8. The Morgan fingerprint density at radius 3 is 2.00 bits per heavy atom. The van der Waals surface area contributed by atoms with Crippen molar-refractivity contribution in [1.29, 1.82) is 0 Å². The minimum Gasteiger partial charge on any atom is -0.507 e. The molecular weight excluding hydrogens is 494 g/mol. The van der Waals surface area contributed by atoms with Crippen molar-refractivity contribution < 1.29 is 14.7 Å². The molecule has 1 aromatic carbocycles. The second kappa shape index (κ2) is 18.5. The maximum Gasteiger partial charge on any atom is 0.249 e. The third kappa shape index (κ3) is 12.4. The highest BCUT2D eigenvalue weighted by atomic mass is 32.2. The first kappa shape index (κ1) is 34.3. The minimum atomic E-state index is -0.584. The summed E-state index contributed by atoms with van der Waals surface area (Å²) in [5, 5.41) is 13.2. The van der Waals surface area contributed by atoms with E-state index in [2.05, 4.69) is 30.0 Å². The fourth-order valence-electron chi connectivity index (χ4n) is 4.38. The number of anilines is 1. The molecule has 0 radical (unpaired) electrons. The van der Waals surface area contributed by atoms with Gasteiger partial charge in [-0.15, -0.1) is 11.8 Å². The van der Waals surface area contributed by atoms with Crippen LogP contribution in [0.15, 0.2) is 6.07 Å². The molecule has 1 aromatic rings. The van der Waals surface area contributed by atoms with E-state index in [0.717, 1.165) is 41.7 Å². The number of hydrazine groups is 1. The highest BCUT2D eigenvalue weighted by Gasteiger charge is 2.29. The van der Waals surface area contributed by atoms with Gasteiger partial charge in [0.15, 0.2) is 0 Å². The van der Waals surface area contributed by atoms with E-state index in [9.17, 15) is 14.7 Å². The van der Waals surface area contributed by atoms with E-state index in [0.29, 0.717) is 12.1 Å². The Morgan fingerprint density at radius 1 is 0.868 bits per heavy atom. The summed E-state index contributed by atoms with van der Waals surface area (Å²) in [6, 6.07) is 1.24. The van der Waals surface area contributed by atoms with Gasteiger partial charge in [-0.3, -0.25) is 15.0 Å². The number of aryl methyl sites for hydroxylation is 1. The van der Waals surface area contributed by atoms with Crippen LogP contribution in [0.2, 0.25) is 0 Å². The number of unbranched alkanes of at least 4 members (excludes halogenated alkanes) is 10. The average Bonchev–Trinajstić information content (AvgIpc) is 2.88. The van der Waals surface area contributed by atoms with Crippen molar-refractivity contribution >= 4 is 29.3 Å². The lowest BCUT2D eigenvalue weighted by Crippen LogP contribution is -2.54. The van der Waals surface area contributed by atoms with Gasteiger partial charge < -0.3 is 10.4 Å². The van der Waals surface area contributed by atoms with Crippen LogP contribution in [0.3, 0.4) is 0 Å². The Hall–Kier alpha value is -1.73. The van der Waals surface area contributed by atoms with Gasteiger partial charge in [0.05, 0.1) is 4.75 Å². The fourth-order valence-corrected chi connectivity index (χ4v) is 5.42. The molecule has 0 heterocycles. The number of benzene rings is 1. The highest BCUT2D eigenvalue weighted by molar-refractivity contribution is 8.01. The molecule has 6 nitrogen and oxygen atoms in total. The summed E-state index contributed by atoms with van der Waals surface area (Å²) < 4.78 is -0.584. The zero-order chi connectivity index (χ0) is 28.6. The molecule has 0 spiro atoms. The number of thioether (sulfide) groups is 1. The van der Waals surface area contributed by atoms with Crippen molar-refractivity contribution in [3.05, 3.63) is 22.8 Å². The number of carbonyl (C=O) groups excluding carboxylic acids is 2. The van der Waals surface area contributed by atoms with Gasteiger partial charge in [0.25, 0.3) is 0 Å². The van der Waals surface area contributed by atoms with E-state index in [1.807, 2.05) is 34.6 Å². The summed E-state index contributed by atoms with van der Waals surface area (Å²) in [7, 11) is 0. The number of carbonyl (C=O) groups is 2. The first-order valence-electron chi connectivity index (χ1n) is 14.9. The number of hydrogen-bond donors (Lipinski definition) is 4. The molecule has 0 saturated heterocycles.